The van der Waals surface area contributed by atoms with E-state index in [1.165, 1.54) is 24.9 Å². The molecule has 0 fully saturated rings. The van der Waals surface area contributed by atoms with Gasteiger partial charge in [-0.05, 0) is 24.3 Å². The molecule has 0 saturated heterocycles. The zero-order valence-electron chi connectivity index (χ0n) is 9.75. The Morgan fingerprint density at radius 1 is 1.28 bits per heavy atom. The van der Waals surface area contributed by atoms with Gasteiger partial charge in [0, 0.05) is 17.5 Å². The van der Waals surface area contributed by atoms with Crippen LogP contribution in [0.2, 0.25) is 0 Å². The standard InChI is InChI=1S/C12H12N4OS/c1-8(17)15-9-2-4-10(5-3-9)18-12-7-14-6-11(13)16-12/h2-7H,1H3,(H2,13,16)(H,15,17). The van der Waals surface area contributed by atoms with Crippen molar-refractivity contribution in [2.45, 2.75) is 16.8 Å². The van der Waals surface area contributed by atoms with Gasteiger partial charge in [-0.2, -0.15) is 0 Å². The summed E-state index contributed by atoms with van der Waals surface area (Å²) in [4.78, 5) is 20.0. The average Bonchev–Trinajstić information content (AvgIpc) is 2.31. The largest absolute Gasteiger partial charge is 0.382 e. The van der Waals surface area contributed by atoms with E-state index in [0.29, 0.717) is 5.82 Å². The number of benzene rings is 1. The van der Waals surface area contributed by atoms with Crippen LogP contribution in [0.5, 0.6) is 0 Å². The molecule has 3 N–H and O–H groups in total. The summed E-state index contributed by atoms with van der Waals surface area (Å²) in [6.07, 6.45) is 3.16. The molecular formula is C12H12N4OS. The third-order valence-electron chi connectivity index (χ3n) is 2.03. The molecule has 1 aromatic carbocycles. The number of carbonyl (C=O) groups is 1. The summed E-state index contributed by atoms with van der Waals surface area (Å²) in [5.74, 6) is 0.312. The van der Waals surface area contributed by atoms with Gasteiger partial charge < -0.3 is 11.1 Å². The molecule has 1 heterocycles. The molecule has 0 bridgehead atoms. The van der Waals surface area contributed by atoms with E-state index in [1.54, 1.807) is 6.20 Å². The van der Waals surface area contributed by atoms with E-state index in [2.05, 4.69) is 15.3 Å². The van der Waals surface area contributed by atoms with Crippen molar-refractivity contribution in [2.24, 2.45) is 0 Å². The Bertz CT molecular complexity index is 556. The number of nitrogens with two attached hydrogens (primary N) is 1. The first-order valence-corrected chi connectivity index (χ1v) is 6.08. The topological polar surface area (TPSA) is 80.9 Å². The first kappa shape index (κ1) is 12.4. The number of hydrogen-bond donors (Lipinski definition) is 2. The van der Waals surface area contributed by atoms with Crippen molar-refractivity contribution in [3.05, 3.63) is 36.7 Å². The Hall–Kier alpha value is -2.08. The zero-order chi connectivity index (χ0) is 13.0. The van der Waals surface area contributed by atoms with Gasteiger partial charge >= 0.3 is 0 Å². The fraction of sp³-hybridized carbons (Fsp3) is 0.0833. The fourth-order valence-electron chi connectivity index (χ4n) is 1.34. The molecule has 92 valence electrons. The van der Waals surface area contributed by atoms with Gasteiger partial charge in [-0.1, -0.05) is 11.8 Å². The van der Waals surface area contributed by atoms with Crippen LogP contribution in [0.3, 0.4) is 0 Å². The smallest absolute Gasteiger partial charge is 0.221 e. The summed E-state index contributed by atoms with van der Waals surface area (Å²) in [6.45, 7) is 1.48. The van der Waals surface area contributed by atoms with Crippen LogP contribution in [0.1, 0.15) is 6.92 Å². The second-order valence-electron chi connectivity index (χ2n) is 3.59. The molecule has 1 amide bonds. The summed E-state index contributed by atoms with van der Waals surface area (Å²) in [7, 11) is 0. The van der Waals surface area contributed by atoms with Crippen LogP contribution in [-0.2, 0) is 4.79 Å². The molecule has 0 aliphatic carbocycles. The molecule has 0 spiro atoms. The number of nitrogens with one attached hydrogen (secondary N) is 1. The number of aromatic nitrogens is 2. The van der Waals surface area contributed by atoms with Crippen molar-refractivity contribution in [3.8, 4) is 0 Å². The lowest BCUT2D eigenvalue weighted by molar-refractivity contribution is -0.114. The van der Waals surface area contributed by atoms with E-state index < -0.39 is 0 Å². The third-order valence-corrected chi connectivity index (χ3v) is 2.94. The van der Waals surface area contributed by atoms with E-state index >= 15 is 0 Å². The van der Waals surface area contributed by atoms with Gasteiger partial charge in [0.25, 0.3) is 0 Å². The molecule has 6 heteroatoms. The Morgan fingerprint density at radius 3 is 2.61 bits per heavy atom. The van der Waals surface area contributed by atoms with Crippen LogP contribution in [0, 0.1) is 0 Å². The van der Waals surface area contributed by atoms with Crippen LogP contribution < -0.4 is 11.1 Å². The number of anilines is 2. The highest BCUT2D eigenvalue weighted by Gasteiger charge is 2.01. The minimum absolute atomic E-state index is 0.0860. The highest BCUT2D eigenvalue weighted by atomic mass is 32.2. The number of rotatable bonds is 3. The van der Waals surface area contributed by atoms with Crippen LogP contribution >= 0.6 is 11.8 Å². The van der Waals surface area contributed by atoms with E-state index in [0.717, 1.165) is 15.6 Å². The lowest BCUT2D eigenvalue weighted by Crippen LogP contribution is -2.05. The van der Waals surface area contributed by atoms with Gasteiger partial charge in [0.15, 0.2) is 0 Å². The molecular weight excluding hydrogens is 248 g/mol. The SMILES string of the molecule is CC(=O)Nc1ccc(Sc2cncc(N)n2)cc1. The lowest BCUT2D eigenvalue weighted by Gasteiger charge is -2.04. The number of amides is 1. The maximum Gasteiger partial charge on any atom is 0.221 e. The Morgan fingerprint density at radius 2 is 2.00 bits per heavy atom. The molecule has 0 radical (unpaired) electrons. The summed E-state index contributed by atoms with van der Waals surface area (Å²) in [5.41, 5.74) is 6.33. The Labute approximate surface area is 109 Å². The quantitative estimate of drug-likeness (QED) is 0.884. The van der Waals surface area contributed by atoms with Gasteiger partial charge in [-0.15, -0.1) is 0 Å². The monoisotopic (exact) mass is 260 g/mol. The molecule has 2 aromatic rings. The molecule has 0 aliphatic heterocycles. The Kier molecular flexibility index (Phi) is 3.78. The van der Waals surface area contributed by atoms with E-state index in [1.807, 2.05) is 24.3 Å². The molecule has 2 rings (SSSR count). The zero-order valence-corrected chi connectivity index (χ0v) is 10.6. The van der Waals surface area contributed by atoms with Crippen molar-refractivity contribution < 1.29 is 4.79 Å². The van der Waals surface area contributed by atoms with Gasteiger partial charge in [-0.3, -0.25) is 9.78 Å². The molecule has 5 nitrogen and oxygen atoms in total. The van der Waals surface area contributed by atoms with Crippen LogP contribution in [-0.4, -0.2) is 15.9 Å². The number of hydrogen-bond acceptors (Lipinski definition) is 5. The number of nitrogen functional groups attached to an aromatic ring is 1. The molecule has 0 saturated carbocycles. The van der Waals surface area contributed by atoms with Crippen molar-refractivity contribution in [1.29, 1.82) is 0 Å². The summed E-state index contributed by atoms with van der Waals surface area (Å²) < 4.78 is 0. The van der Waals surface area contributed by atoms with Gasteiger partial charge in [-0.25, -0.2) is 4.98 Å². The summed E-state index contributed by atoms with van der Waals surface area (Å²) >= 11 is 1.46. The maximum absolute atomic E-state index is 10.9. The second-order valence-corrected chi connectivity index (χ2v) is 4.68. The van der Waals surface area contributed by atoms with Crippen molar-refractivity contribution in [1.82, 2.24) is 9.97 Å². The van der Waals surface area contributed by atoms with Crippen molar-refractivity contribution in [2.75, 3.05) is 11.1 Å². The van der Waals surface area contributed by atoms with E-state index in [9.17, 15) is 4.79 Å². The predicted octanol–water partition coefficient (Wildman–Crippen LogP) is 2.17. The van der Waals surface area contributed by atoms with Crippen molar-refractivity contribution >= 4 is 29.2 Å². The predicted molar refractivity (Wildman–Crippen MR) is 71.3 cm³/mol. The average molecular weight is 260 g/mol. The molecule has 0 atom stereocenters. The third kappa shape index (κ3) is 3.46. The molecule has 18 heavy (non-hydrogen) atoms. The van der Waals surface area contributed by atoms with Crippen LogP contribution in [0.15, 0.2) is 46.6 Å². The van der Waals surface area contributed by atoms with Crippen LogP contribution in [0.25, 0.3) is 0 Å². The first-order valence-electron chi connectivity index (χ1n) is 5.26. The van der Waals surface area contributed by atoms with E-state index in [-0.39, 0.29) is 5.91 Å². The minimum Gasteiger partial charge on any atom is -0.382 e. The molecule has 0 unspecified atom stereocenters. The van der Waals surface area contributed by atoms with Gasteiger partial charge in [0.2, 0.25) is 5.91 Å². The summed E-state index contributed by atoms with van der Waals surface area (Å²) in [5, 5.41) is 3.45. The highest BCUT2D eigenvalue weighted by Crippen LogP contribution is 2.26. The number of carbonyl (C=O) groups excluding carboxylic acids is 1. The lowest BCUT2D eigenvalue weighted by atomic mass is 10.3. The highest BCUT2D eigenvalue weighted by molar-refractivity contribution is 7.99. The maximum atomic E-state index is 10.9. The van der Waals surface area contributed by atoms with Crippen LogP contribution in [0.4, 0.5) is 11.5 Å². The molecule has 0 aliphatic rings. The first-order chi connectivity index (χ1) is 8.63. The number of nitrogens with zero attached hydrogens (tertiary/aromatic N) is 2. The fourth-order valence-corrected chi connectivity index (χ4v) is 2.12. The van der Waals surface area contributed by atoms with Gasteiger partial charge in [0.05, 0.1) is 12.4 Å². The minimum atomic E-state index is -0.0860. The van der Waals surface area contributed by atoms with E-state index in [4.69, 9.17) is 5.73 Å². The normalized spacial score (nSPS) is 10.1. The van der Waals surface area contributed by atoms with Crippen molar-refractivity contribution in [3.63, 3.8) is 0 Å². The molecule has 1 aromatic heterocycles. The van der Waals surface area contributed by atoms with Gasteiger partial charge in [0.1, 0.15) is 10.8 Å². The second kappa shape index (κ2) is 5.50. The summed E-state index contributed by atoms with van der Waals surface area (Å²) in [6, 6.07) is 7.48. The Balaban J connectivity index is 2.08.